The van der Waals surface area contributed by atoms with E-state index in [1.54, 1.807) is 0 Å². The van der Waals surface area contributed by atoms with E-state index in [0.29, 0.717) is 26.1 Å². The van der Waals surface area contributed by atoms with Crippen molar-refractivity contribution in [1.29, 1.82) is 0 Å². The summed E-state index contributed by atoms with van der Waals surface area (Å²) in [7, 11) is 2.09. The number of carbonyl (C=O) groups is 1. The zero-order valence-corrected chi connectivity index (χ0v) is 21.4. The molecule has 0 aromatic heterocycles. The van der Waals surface area contributed by atoms with Crippen molar-refractivity contribution >= 4 is 5.97 Å². The van der Waals surface area contributed by atoms with Gasteiger partial charge in [-0.1, -0.05) is 60.7 Å². The molecular formula is C30H41NO5. The highest BCUT2D eigenvalue weighted by molar-refractivity contribution is 5.66. The maximum atomic E-state index is 11.0. The molecule has 2 N–H and O–H groups in total. The molecule has 36 heavy (non-hydrogen) atoms. The van der Waals surface area contributed by atoms with Gasteiger partial charge in [0.15, 0.2) is 0 Å². The van der Waals surface area contributed by atoms with Crippen LogP contribution >= 0.6 is 0 Å². The summed E-state index contributed by atoms with van der Waals surface area (Å²) in [5.41, 5.74) is 1.13. The first-order valence-corrected chi connectivity index (χ1v) is 13.1. The smallest absolute Gasteiger partial charge is 0.303 e. The third-order valence-corrected chi connectivity index (χ3v) is 6.85. The van der Waals surface area contributed by atoms with Crippen LogP contribution in [-0.2, 0) is 16.1 Å². The Balaban J connectivity index is 1.52. The Hall–Kier alpha value is -2.67. The number of aliphatic hydroxyl groups excluding tert-OH is 1. The zero-order valence-electron chi connectivity index (χ0n) is 21.4. The largest absolute Gasteiger partial charge is 0.494 e. The van der Waals surface area contributed by atoms with Gasteiger partial charge in [-0.3, -0.25) is 4.79 Å². The van der Waals surface area contributed by atoms with Crippen molar-refractivity contribution in [2.45, 2.75) is 69.8 Å². The Kier molecular flexibility index (Phi) is 12.0. The summed E-state index contributed by atoms with van der Waals surface area (Å²) in [6, 6.07) is 20.0. The van der Waals surface area contributed by atoms with Crippen molar-refractivity contribution < 1.29 is 24.5 Å². The third kappa shape index (κ3) is 9.41. The third-order valence-electron chi connectivity index (χ3n) is 6.85. The van der Waals surface area contributed by atoms with Gasteiger partial charge < -0.3 is 24.6 Å². The van der Waals surface area contributed by atoms with Crippen molar-refractivity contribution in [1.82, 2.24) is 4.90 Å². The number of hydrogen-bond donors (Lipinski definition) is 2. The molecule has 6 heteroatoms. The van der Waals surface area contributed by atoms with Crippen LogP contribution < -0.4 is 4.74 Å². The summed E-state index contributed by atoms with van der Waals surface area (Å²) in [5.74, 6) is 0.309. The number of carboxylic acid groups (broad SMARTS) is 1. The number of allylic oxidation sites excluding steroid dienone is 2. The number of nitrogens with zero attached hydrogens (tertiary/aromatic N) is 1. The van der Waals surface area contributed by atoms with Crippen LogP contribution in [0.2, 0.25) is 0 Å². The first kappa shape index (κ1) is 27.9. The molecule has 0 heterocycles. The van der Waals surface area contributed by atoms with Gasteiger partial charge in [0.2, 0.25) is 0 Å². The lowest BCUT2D eigenvalue weighted by Crippen LogP contribution is -2.43. The normalized spacial score (nSPS) is 21.9. The molecule has 0 unspecified atom stereocenters. The molecular weight excluding hydrogens is 454 g/mol. The molecule has 2 aromatic carbocycles. The van der Waals surface area contributed by atoms with Gasteiger partial charge in [0.25, 0.3) is 0 Å². The predicted octanol–water partition coefficient (Wildman–Crippen LogP) is 5.31. The summed E-state index contributed by atoms with van der Waals surface area (Å²) in [6.45, 7) is 2.09. The molecule has 1 aliphatic carbocycles. The lowest BCUT2D eigenvalue weighted by molar-refractivity contribution is -0.137. The maximum absolute atomic E-state index is 11.0. The number of hydrogen-bond acceptors (Lipinski definition) is 5. The number of unbranched alkanes of at least 4 members (excludes halogenated alkanes) is 2. The Bertz CT molecular complexity index is 904. The molecule has 2 aromatic rings. The number of ether oxygens (including phenoxy) is 2. The fourth-order valence-corrected chi connectivity index (χ4v) is 5.00. The van der Waals surface area contributed by atoms with Crippen LogP contribution in [0.3, 0.4) is 0 Å². The van der Waals surface area contributed by atoms with Crippen molar-refractivity contribution in [3.63, 3.8) is 0 Å². The molecule has 0 aliphatic heterocycles. The molecule has 4 atom stereocenters. The van der Waals surface area contributed by atoms with E-state index in [2.05, 4.69) is 36.2 Å². The van der Waals surface area contributed by atoms with Crippen LogP contribution in [0.5, 0.6) is 5.75 Å². The number of aliphatic carboxylic acids is 1. The minimum Gasteiger partial charge on any atom is -0.494 e. The van der Waals surface area contributed by atoms with Crippen molar-refractivity contribution in [2.75, 3.05) is 20.2 Å². The van der Waals surface area contributed by atoms with Gasteiger partial charge in [0.1, 0.15) is 5.75 Å². The summed E-state index contributed by atoms with van der Waals surface area (Å²) in [6.07, 6.45) is 8.67. The molecule has 0 saturated heterocycles. The Morgan fingerprint density at radius 3 is 2.47 bits per heavy atom. The predicted molar refractivity (Wildman–Crippen MR) is 142 cm³/mol. The second kappa shape index (κ2) is 15.4. The van der Waals surface area contributed by atoms with Crippen molar-refractivity contribution in [3.05, 3.63) is 78.4 Å². The summed E-state index contributed by atoms with van der Waals surface area (Å²) < 4.78 is 12.1. The highest BCUT2D eigenvalue weighted by Crippen LogP contribution is 2.36. The molecule has 0 radical (unpaired) electrons. The summed E-state index contributed by atoms with van der Waals surface area (Å²) in [4.78, 5) is 13.0. The van der Waals surface area contributed by atoms with E-state index in [9.17, 15) is 9.90 Å². The van der Waals surface area contributed by atoms with E-state index in [4.69, 9.17) is 14.6 Å². The van der Waals surface area contributed by atoms with Gasteiger partial charge in [0.05, 0.1) is 25.4 Å². The number of para-hydroxylation sites is 1. The van der Waals surface area contributed by atoms with Crippen LogP contribution in [0.15, 0.2) is 72.8 Å². The molecule has 196 valence electrons. The molecule has 0 amide bonds. The lowest BCUT2D eigenvalue weighted by Gasteiger charge is -2.32. The van der Waals surface area contributed by atoms with Gasteiger partial charge in [-0.25, -0.2) is 0 Å². The van der Waals surface area contributed by atoms with Gasteiger partial charge in [-0.05, 0) is 63.4 Å². The van der Waals surface area contributed by atoms with E-state index in [-0.39, 0.29) is 24.5 Å². The average molecular weight is 496 g/mol. The van der Waals surface area contributed by atoms with Crippen LogP contribution in [0, 0.1) is 5.92 Å². The van der Waals surface area contributed by atoms with E-state index >= 15 is 0 Å². The maximum Gasteiger partial charge on any atom is 0.303 e. The van der Waals surface area contributed by atoms with Crippen molar-refractivity contribution in [3.8, 4) is 5.75 Å². The second-order valence-corrected chi connectivity index (χ2v) is 9.63. The van der Waals surface area contributed by atoms with E-state index in [0.717, 1.165) is 43.5 Å². The van der Waals surface area contributed by atoms with Gasteiger partial charge >= 0.3 is 5.97 Å². The number of rotatable bonds is 16. The second-order valence-electron chi connectivity index (χ2n) is 9.63. The summed E-state index contributed by atoms with van der Waals surface area (Å²) >= 11 is 0. The van der Waals surface area contributed by atoms with Crippen molar-refractivity contribution in [2.24, 2.45) is 5.92 Å². The number of likely N-dealkylation sites (N-methyl/N-ethyl adjacent to an activating group) is 1. The molecule has 1 saturated carbocycles. The standard InChI is InChI=1S/C30H41NO5/c1-31(20-12-13-21-35-25-16-8-5-9-17-25)30-26(18-10-2-3-11-19-29(33)34)28(22-27(30)32)36-23-24-14-6-4-7-15-24/h2,4-10,14-17,26-28,30,32H,3,11-13,18-23H2,1H3,(H,33,34)/t26-,27+,28-,30+/m0/s1. The molecule has 3 rings (SSSR count). The van der Waals surface area contributed by atoms with Crippen LogP contribution in [-0.4, -0.2) is 59.5 Å². The average Bonchev–Trinajstić information content (AvgIpc) is 3.20. The molecule has 1 fully saturated rings. The molecule has 1 aliphatic rings. The molecule has 0 bridgehead atoms. The Morgan fingerprint density at radius 2 is 1.75 bits per heavy atom. The zero-order chi connectivity index (χ0) is 25.6. The molecule has 0 spiro atoms. The van der Waals surface area contributed by atoms with Crippen LogP contribution in [0.4, 0.5) is 0 Å². The lowest BCUT2D eigenvalue weighted by atomic mass is 9.95. The first-order valence-electron chi connectivity index (χ1n) is 13.1. The highest BCUT2D eigenvalue weighted by Gasteiger charge is 2.44. The number of benzene rings is 2. The monoisotopic (exact) mass is 495 g/mol. The van der Waals surface area contributed by atoms with E-state index in [1.807, 2.05) is 48.5 Å². The Morgan fingerprint density at radius 1 is 1.03 bits per heavy atom. The summed E-state index contributed by atoms with van der Waals surface area (Å²) in [5, 5.41) is 19.9. The first-order chi connectivity index (χ1) is 17.5. The van der Waals surface area contributed by atoms with Gasteiger partial charge in [-0.2, -0.15) is 0 Å². The molecule has 6 nitrogen and oxygen atoms in total. The fourth-order valence-electron chi connectivity index (χ4n) is 5.00. The minimum atomic E-state index is -0.757. The number of aliphatic hydroxyl groups is 1. The minimum absolute atomic E-state index is 0.0180. The topological polar surface area (TPSA) is 79.2 Å². The van der Waals surface area contributed by atoms with Crippen LogP contribution in [0.25, 0.3) is 0 Å². The highest BCUT2D eigenvalue weighted by atomic mass is 16.5. The quantitative estimate of drug-likeness (QED) is 0.243. The van der Waals surface area contributed by atoms with E-state index in [1.165, 1.54) is 0 Å². The van der Waals surface area contributed by atoms with Gasteiger partial charge in [0, 0.05) is 24.8 Å². The number of carboxylic acids is 1. The van der Waals surface area contributed by atoms with Gasteiger partial charge in [-0.15, -0.1) is 0 Å². The van der Waals surface area contributed by atoms with Crippen LogP contribution in [0.1, 0.15) is 50.5 Å². The van der Waals surface area contributed by atoms with E-state index < -0.39 is 12.1 Å². The Labute approximate surface area is 215 Å². The SMILES string of the molecule is CN(CCCCOc1ccccc1)[C@@H]1[C@@H](CC=CCCCC(=O)O)[C@@H](OCc2ccccc2)C[C@H]1O. The fraction of sp³-hybridized carbons (Fsp3) is 0.500.